The van der Waals surface area contributed by atoms with Crippen LogP contribution >= 0.6 is 0 Å². The fraction of sp³-hybridized carbons (Fsp3) is 0.571. The van der Waals surface area contributed by atoms with Gasteiger partial charge in [0.15, 0.2) is 0 Å². The Bertz CT molecular complexity index is 380. The molecule has 0 saturated carbocycles. The van der Waals surface area contributed by atoms with Crippen molar-refractivity contribution in [1.82, 2.24) is 0 Å². The Morgan fingerprint density at radius 1 is 1.33 bits per heavy atom. The van der Waals surface area contributed by atoms with Crippen LogP contribution in [0.4, 0.5) is 5.69 Å². The molecule has 1 aromatic carbocycles. The molecular formula is C14H23NO2S. The van der Waals surface area contributed by atoms with E-state index in [0.717, 1.165) is 30.1 Å². The van der Waals surface area contributed by atoms with Crippen molar-refractivity contribution in [2.75, 3.05) is 23.8 Å². The molecular weight excluding hydrogens is 246 g/mol. The van der Waals surface area contributed by atoms with Crippen molar-refractivity contribution < 1.29 is 8.95 Å². The van der Waals surface area contributed by atoms with Gasteiger partial charge in [0.1, 0.15) is 5.75 Å². The Labute approximate surface area is 112 Å². The highest BCUT2D eigenvalue weighted by Gasteiger charge is 2.02. The number of hydrogen-bond donors (Lipinski definition) is 1. The summed E-state index contributed by atoms with van der Waals surface area (Å²) in [6.07, 6.45) is 1.85. The highest BCUT2D eigenvalue weighted by molar-refractivity contribution is 7.84. The largest absolute Gasteiger partial charge is 0.493 e. The number of rotatable bonds is 8. The first kappa shape index (κ1) is 15.0. The van der Waals surface area contributed by atoms with Crippen LogP contribution in [0.15, 0.2) is 24.3 Å². The van der Waals surface area contributed by atoms with Crippen LogP contribution < -0.4 is 10.5 Å². The van der Waals surface area contributed by atoms with Gasteiger partial charge in [0.2, 0.25) is 0 Å². The van der Waals surface area contributed by atoms with Crippen LogP contribution in [0.1, 0.15) is 26.7 Å². The summed E-state index contributed by atoms with van der Waals surface area (Å²) in [4.78, 5) is 0. The third-order valence-corrected chi connectivity index (χ3v) is 4.00. The summed E-state index contributed by atoms with van der Waals surface area (Å²) in [5, 5.41) is 0. The maximum Gasteiger partial charge on any atom is 0.121 e. The molecule has 0 aliphatic carbocycles. The summed E-state index contributed by atoms with van der Waals surface area (Å²) in [5.41, 5.74) is 6.35. The Kier molecular flexibility index (Phi) is 6.80. The number of nitrogen functional groups attached to an aromatic ring is 1. The minimum absolute atomic E-state index is 0.594. The summed E-state index contributed by atoms with van der Waals surface area (Å²) >= 11 is 0. The Hall–Kier alpha value is -1.03. The first-order valence-electron chi connectivity index (χ1n) is 6.41. The first-order valence-corrected chi connectivity index (χ1v) is 7.90. The minimum atomic E-state index is -0.708. The topological polar surface area (TPSA) is 52.3 Å². The molecule has 18 heavy (non-hydrogen) atoms. The van der Waals surface area contributed by atoms with E-state index in [2.05, 4.69) is 13.8 Å². The molecule has 1 atom stereocenters. The number of hydrogen-bond acceptors (Lipinski definition) is 3. The van der Waals surface area contributed by atoms with E-state index in [1.54, 1.807) is 6.07 Å². The molecule has 1 aromatic rings. The van der Waals surface area contributed by atoms with E-state index in [-0.39, 0.29) is 0 Å². The van der Waals surface area contributed by atoms with Crippen molar-refractivity contribution >= 4 is 16.5 Å². The molecule has 4 heteroatoms. The molecule has 0 bridgehead atoms. The smallest absolute Gasteiger partial charge is 0.121 e. The summed E-state index contributed by atoms with van der Waals surface area (Å²) in [6, 6.07) is 7.38. The lowest BCUT2D eigenvalue weighted by Gasteiger charge is -2.07. The summed E-state index contributed by atoms with van der Waals surface area (Å²) in [5.74, 6) is 2.92. The zero-order chi connectivity index (χ0) is 13.4. The van der Waals surface area contributed by atoms with Gasteiger partial charge in [-0.1, -0.05) is 19.9 Å². The third kappa shape index (κ3) is 6.64. The predicted octanol–water partition coefficient (Wildman–Crippen LogP) is 2.83. The summed E-state index contributed by atoms with van der Waals surface area (Å²) in [7, 11) is -0.708. The van der Waals surface area contributed by atoms with E-state index in [1.807, 2.05) is 18.2 Å². The SMILES string of the molecule is CC(C)CCS(=O)CCCOc1cccc(N)c1. The molecule has 0 saturated heterocycles. The fourth-order valence-electron chi connectivity index (χ4n) is 1.48. The second kappa shape index (κ2) is 8.14. The highest BCUT2D eigenvalue weighted by Crippen LogP contribution is 2.14. The lowest BCUT2D eigenvalue weighted by Crippen LogP contribution is -2.08. The standard InChI is InChI=1S/C14H23NO2S/c1-12(2)7-10-18(16)9-4-8-17-14-6-3-5-13(15)11-14/h3,5-6,11-12H,4,7-10,15H2,1-2H3. The Morgan fingerprint density at radius 2 is 2.11 bits per heavy atom. The molecule has 0 fully saturated rings. The maximum absolute atomic E-state index is 11.6. The molecule has 0 heterocycles. The van der Waals surface area contributed by atoms with E-state index in [0.29, 0.717) is 18.2 Å². The van der Waals surface area contributed by atoms with Gasteiger partial charge >= 0.3 is 0 Å². The molecule has 0 amide bonds. The molecule has 0 radical (unpaired) electrons. The normalized spacial score (nSPS) is 12.6. The van der Waals surface area contributed by atoms with Crippen molar-refractivity contribution in [2.45, 2.75) is 26.7 Å². The minimum Gasteiger partial charge on any atom is -0.493 e. The van der Waals surface area contributed by atoms with Gasteiger partial charge in [-0.25, -0.2) is 0 Å². The fourth-order valence-corrected chi connectivity index (χ4v) is 2.86. The number of benzene rings is 1. The lowest BCUT2D eigenvalue weighted by molar-refractivity contribution is 0.318. The van der Waals surface area contributed by atoms with Gasteiger partial charge in [-0.2, -0.15) is 0 Å². The monoisotopic (exact) mass is 269 g/mol. The quantitative estimate of drug-likeness (QED) is 0.583. The van der Waals surface area contributed by atoms with Crippen LogP contribution in [-0.4, -0.2) is 22.3 Å². The maximum atomic E-state index is 11.6. The van der Waals surface area contributed by atoms with Gasteiger partial charge < -0.3 is 10.5 Å². The van der Waals surface area contributed by atoms with Crippen molar-refractivity contribution in [2.24, 2.45) is 5.92 Å². The van der Waals surface area contributed by atoms with Gasteiger partial charge in [0, 0.05) is 34.1 Å². The molecule has 102 valence electrons. The van der Waals surface area contributed by atoms with Crippen LogP contribution in [0, 0.1) is 5.92 Å². The lowest BCUT2D eigenvalue weighted by atomic mass is 10.2. The van der Waals surface area contributed by atoms with Crippen molar-refractivity contribution in [3.63, 3.8) is 0 Å². The molecule has 3 nitrogen and oxygen atoms in total. The van der Waals surface area contributed by atoms with Crippen LogP contribution in [0.5, 0.6) is 5.75 Å². The average molecular weight is 269 g/mol. The molecule has 1 rings (SSSR count). The van der Waals surface area contributed by atoms with E-state index in [1.165, 1.54) is 0 Å². The molecule has 0 aliphatic heterocycles. The van der Waals surface area contributed by atoms with Crippen LogP contribution in [0.3, 0.4) is 0 Å². The Morgan fingerprint density at radius 3 is 2.78 bits per heavy atom. The molecule has 0 spiro atoms. The van der Waals surface area contributed by atoms with Crippen LogP contribution in [0.25, 0.3) is 0 Å². The third-order valence-electron chi connectivity index (χ3n) is 2.57. The van der Waals surface area contributed by atoms with E-state index >= 15 is 0 Å². The van der Waals surface area contributed by atoms with Gasteiger partial charge in [0.25, 0.3) is 0 Å². The zero-order valence-electron chi connectivity index (χ0n) is 11.2. The van der Waals surface area contributed by atoms with E-state index in [4.69, 9.17) is 10.5 Å². The molecule has 1 unspecified atom stereocenters. The van der Waals surface area contributed by atoms with E-state index in [9.17, 15) is 4.21 Å². The van der Waals surface area contributed by atoms with Gasteiger partial charge in [-0.15, -0.1) is 0 Å². The summed E-state index contributed by atoms with van der Waals surface area (Å²) < 4.78 is 17.2. The molecule has 2 N–H and O–H groups in total. The Balaban J connectivity index is 2.13. The summed E-state index contributed by atoms with van der Waals surface area (Å²) in [6.45, 7) is 4.90. The second-order valence-electron chi connectivity index (χ2n) is 4.81. The van der Waals surface area contributed by atoms with Crippen molar-refractivity contribution in [1.29, 1.82) is 0 Å². The predicted molar refractivity (Wildman–Crippen MR) is 78.3 cm³/mol. The number of nitrogens with two attached hydrogens (primary N) is 1. The van der Waals surface area contributed by atoms with Crippen LogP contribution in [-0.2, 0) is 10.8 Å². The van der Waals surface area contributed by atoms with Crippen LogP contribution in [0.2, 0.25) is 0 Å². The number of anilines is 1. The van der Waals surface area contributed by atoms with Gasteiger partial charge in [-0.05, 0) is 30.9 Å². The molecule has 0 aromatic heterocycles. The van der Waals surface area contributed by atoms with Gasteiger partial charge in [0.05, 0.1) is 6.61 Å². The van der Waals surface area contributed by atoms with E-state index < -0.39 is 10.8 Å². The highest BCUT2D eigenvalue weighted by atomic mass is 32.2. The van der Waals surface area contributed by atoms with Crippen molar-refractivity contribution in [3.05, 3.63) is 24.3 Å². The van der Waals surface area contributed by atoms with Gasteiger partial charge in [-0.3, -0.25) is 4.21 Å². The second-order valence-corrected chi connectivity index (χ2v) is 6.50. The first-order chi connectivity index (χ1) is 8.58. The molecule has 0 aliphatic rings. The average Bonchev–Trinajstić information content (AvgIpc) is 2.32. The zero-order valence-corrected chi connectivity index (χ0v) is 12.0. The van der Waals surface area contributed by atoms with Crippen molar-refractivity contribution in [3.8, 4) is 5.75 Å². The number of ether oxygens (including phenoxy) is 1.